The molecule has 2 N–H and O–H groups in total. The first-order chi connectivity index (χ1) is 15.5. The van der Waals surface area contributed by atoms with Crippen molar-refractivity contribution in [2.24, 2.45) is 10.7 Å². The van der Waals surface area contributed by atoms with E-state index >= 15 is 0 Å². The predicted octanol–water partition coefficient (Wildman–Crippen LogP) is 2.62. The largest absolute Gasteiger partial charge is 0.484 e. The third kappa shape index (κ3) is 5.30. The topological polar surface area (TPSA) is 97.5 Å². The first-order valence-corrected chi connectivity index (χ1v) is 11.0. The second kappa shape index (κ2) is 9.88. The Labute approximate surface area is 190 Å². The van der Waals surface area contributed by atoms with Gasteiger partial charge in [0.1, 0.15) is 5.75 Å². The van der Waals surface area contributed by atoms with Gasteiger partial charge in [0.05, 0.1) is 23.8 Å². The number of thioether (sulfide) groups is 1. The number of carbonyl (C=O) groups excluding carboxylic acids is 2. The number of nitrogens with two attached hydrogens (primary N) is 1. The minimum Gasteiger partial charge on any atom is -0.484 e. The number of primary amides is 1. The molecule has 4 rings (SSSR count). The summed E-state index contributed by atoms with van der Waals surface area (Å²) in [6.07, 6.45) is 1.81. The number of aliphatic imine (C=N–C) groups is 1. The Bertz CT molecular complexity index is 1040. The molecule has 2 saturated heterocycles. The molecule has 0 atom stereocenters. The number of amides is 2. The minimum atomic E-state index is -0.533. The van der Waals surface area contributed by atoms with Crippen LogP contribution in [0.5, 0.6) is 5.75 Å². The summed E-state index contributed by atoms with van der Waals surface area (Å²) in [4.78, 5) is 32.6. The van der Waals surface area contributed by atoms with Gasteiger partial charge in [0.15, 0.2) is 11.8 Å². The third-order valence-electron chi connectivity index (χ3n) is 5.01. The summed E-state index contributed by atoms with van der Waals surface area (Å²) in [5, 5.41) is 0.627. The van der Waals surface area contributed by atoms with Gasteiger partial charge in [0, 0.05) is 25.8 Å². The van der Waals surface area contributed by atoms with Crippen molar-refractivity contribution in [3.05, 3.63) is 59.0 Å². The van der Waals surface area contributed by atoms with E-state index in [2.05, 4.69) is 9.89 Å². The number of likely N-dealkylation sites (N-methyl/N-ethyl adjacent to an activating group) is 1. The molecule has 2 aliphatic rings. The van der Waals surface area contributed by atoms with Gasteiger partial charge >= 0.3 is 0 Å². The Morgan fingerprint density at radius 2 is 1.84 bits per heavy atom. The van der Waals surface area contributed by atoms with E-state index in [4.69, 9.17) is 15.2 Å². The van der Waals surface area contributed by atoms with Crippen molar-refractivity contribution in [1.82, 2.24) is 4.90 Å². The molecule has 0 aromatic heterocycles. The van der Waals surface area contributed by atoms with Crippen LogP contribution in [-0.4, -0.2) is 61.8 Å². The summed E-state index contributed by atoms with van der Waals surface area (Å²) in [6.45, 7) is 3.07. The Morgan fingerprint density at radius 3 is 2.50 bits per heavy atom. The molecular weight excluding hydrogens is 428 g/mol. The number of hydrogen-bond acceptors (Lipinski definition) is 7. The van der Waals surface area contributed by atoms with Gasteiger partial charge < -0.3 is 20.1 Å². The van der Waals surface area contributed by atoms with Crippen LogP contribution in [0.1, 0.15) is 5.56 Å². The molecule has 0 radical (unpaired) electrons. The lowest BCUT2D eigenvalue weighted by Gasteiger charge is -2.28. The Hall–Kier alpha value is -3.30. The molecule has 2 heterocycles. The second-order valence-corrected chi connectivity index (χ2v) is 8.32. The van der Waals surface area contributed by atoms with Gasteiger partial charge in [-0.3, -0.25) is 14.5 Å². The lowest BCUT2D eigenvalue weighted by atomic mass is 10.2. The maximum absolute atomic E-state index is 12.7. The van der Waals surface area contributed by atoms with Crippen LogP contribution in [0.4, 0.5) is 11.4 Å². The molecule has 8 nitrogen and oxygen atoms in total. The second-order valence-electron chi connectivity index (χ2n) is 7.31. The number of hydrogen-bond donors (Lipinski definition) is 1. The smallest absolute Gasteiger partial charge is 0.266 e. The number of carbonyl (C=O) groups is 2. The van der Waals surface area contributed by atoms with Crippen LogP contribution in [-0.2, 0) is 14.3 Å². The third-order valence-corrected chi connectivity index (χ3v) is 6.07. The average molecular weight is 453 g/mol. The molecule has 2 amide bonds. The minimum absolute atomic E-state index is 0.104. The summed E-state index contributed by atoms with van der Waals surface area (Å²) in [6, 6.07) is 15.1. The van der Waals surface area contributed by atoms with Gasteiger partial charge in [-0.2, -0.15) is 0 Å². The van der Waals surface area contributed by atoms with Crippen LogP contribution < -0.4 is 15.4 Å². The van der Waals surface area contributed by atoms with E-state index in [1.807, 2.05) is 42.5 Å². The molecule has 0 saturated carbocycles. The summed E-state index contributed by atoms with van der Waals surface area (Å²) in [5.41, 5.74) is 7.86. The molecule has 9 heteroatoms. The number of nitrogens with zero attached hydrogens (tertiary/aromatic N) is 3. The first-order valence-electron chi connectivity index (χ1n) is 10.2. The summed E-state index contributed by atoms with van der Waals surface area (Å²) in [7, 11) is 1.72. The number of rotatable bonds is 6. The molecule has 166 valence electrons. The summed E-state index contributed by atoms with van der Waals surface area (Å²) >= 11 is 1.34. The lowest BCUT2D eigenvalue weighted by Crippen LogP contribution is -2.36. The molecule has 0 bridgehead atoms. The van der Waals surface area contributed by atoms with Crippen LogP contribution in [0.15, 0.2) is 58.4 Å². The van der Waals surface area contributed by atoms with E-state index in [1.165, 1.54) is 11.8 Å². The molecule has 32 heavy (non-hydrogen) atoms. The zero-order chi connectivity index (χ0) is 22.5. The van der Waals surface area contributed by atoms with Crippen LogP contribution in [0.2, 0.25) is 0 Å². The Balaban J connectivity index is 1.45. The average Bonchev–Trinajstić information content (AvgIpc) is 3.07. The van der Waals surface area contributed by atoms with Crippen molar-refractivity contribution in [3.8, 4) is 5.75 Å². The fraction of sp³-hybridized carbons (Fsp3) is 0.261. The highest BCUT2D eigenvalue weighted by Crippen LogP contribution is 2.33. The number of morpholine rings is 1. The quantitative estimate of drug-likeness (QED) is 0.677. The van der Waals surface area contributed by atoms with Gasteiger partial charge in [-0.25, -0.2) is 4.99 Å². The van der Waals surface area contributed by atoms with Gasteiger partial charge in [-0.1, -0.05) is 12.1 Å². The molecule has 2 fully saturated rings. The van der Waals surface area contributed by atoms with Crippen molar-refractivity contribution in [3.63, 3.8) is 0 Å². The van der Waals surface area contributed by atoms with Crippen molar-refractivity contribution in [1.29, 1.82) is 0 Å². The maximum atomic E-state index is 12.7. The van der Waals surface area contributed by atoms with Crippen molar-refractivity contribution in [2.75, 3.05) is 44.9 Å². The Morgan fingerprint density at radius 1 is 1.16 bits per heavy atom. The zero-order valence-corrected chi connectivity index (χ0v) is 18.5. The normalized spacial score (nSPS) is 19.1. The van der Waals surface area contributed by atoms with E-state index in [1.54, 1.807) is 24.1 Å². The van der Waals surface area contributed by atoms with Gasteiger partial charge in [-0.15, -0.1) is 0 Å². The van der Waals surface area contributed by atoms with E-state index in [0.717, 1.165) is 43.2 Å². The predicted molar refractivity (Wildman–Crippen MR) is 126 cm³/mol. The van der Waals surface area contributed by atoms with Crippen LogP contribution in [0.3, 0.4) is 0 Å². The fourth-order valence-electron chi connectivity index (χ4n) is 3.29. The molecular formula is C23H24N4O4S. The highest BCUT2D eigenvalue weighted by atomic mass is 32.2. The molecule has 2 aliphatic heterocycles. The summed E-state index contributed by atoms with van der Waals surface area (Å²) < 4.78 is 10.7. The lowest BCUT2D eigenvalue weighted by molar-refractivity contribution is -0.121. The molecule has 2 aromatic carbocycles. The fourth-order valence-corrected chi connectivity index (χ4v) is 4.27. The molecule has 0 unspecified atom stereocenters. The Kier molecular flexibility index (Phi) is 6.77. The number of amidine groups is 1. The van der Waals surface area contributed by atoms with Crippen molar-refractivity contribution < 1.29 is 19.1 Å². The highest BCUT2D eigenvalue weighted by Gasteiger charge is 2.30. The SMILES string of the molecule is CN1C(=O)/C(=C/c2ccc(OCC(N)=O)cc2)SC1=Nc1ccc(N2CCOCC2)cc1. The maximum Gasteiger partial charge on any atom is 0.266 e. The van der Waals surface area contributed by atoms with Gasteiger partial charge in [-0.05, 0) is 59.8 Å². The van der Waals surface area contributed by atoms with Gasteiger partial charge in [0.25, 0.3) is 11.8 Å². The molecule has 0 aliphatic carbocycles. The van der Waals surface area contributed by atoms with E-state index in [0.29, 0.717) is 15.8 Å². The number of anilines is 1. The zero-order valence-electron chi connectivity index (χ0n) is 17.7. The monoisotopic (exact) mass is 452 g/mol. The summed E-state index contributed by atoms with van der Waals surface area (Å²) in [5.74, 6) is -0.0984. The number of ether oxygens (including phenoxy) is 2. The first kappa shape index (κ1) is 21.9. The number of benzene rings is 2. The van der Waals surface area contributed by atoms with E-state index in [-0.39, 0.29) is 12.5 Å². The standard InChI is InChI=1S/C23H24N4O4S/c1-26-22(29)20(14-16-2-8-19(9-3-16)31-15-21(24)28)32-23(26)25-17-4-6-18(7-5-17)27-10-12-30-13-11-27/h2-9,14H,10-13,15H2,1H3,(H2,24,28)/b20-14-,25-23?. The highest BCUT2D eigenvalue weighted by molar-refractivity contribution is 8.18. The van der Waals surface area contributed by atoms with Gasteiger partial charge in [0.2, 0.25) is 0 Å². The van der Waals surface area contributed by atoms with E-state index < -0.39 is 5.91 Å². The van der Waals surface area contributed by atoms with Crippen molar-refractivity contribution in [2.45, 2.75) is 0 Å². The van der Waals surface area contributed by atoms with Crippen molar-refractivity contribution >= 4 is 46.2 Å². The van der Waals surface area contributed by atoms with Crippen LogP contribution in [0.25, 0.3) is 6.08 Å². The molecule has 0 spiro atoms. The van der Waals surface area contributed by atoms with E-state index in [9.17, 15) is 9.59 Å². The van der Waals surface area contributed by atoms with Crippen LogP contribution in [0, 0.1) is 0 Å². The molecule has 2 aromatic rings. The van der Waals surface area contributed by atoms with Crippen LogP contribution >= 0.6 is 11.8 Å².